The largest absolute Gasteiger partial charge is 0.350 e. The SMILES string of the molecule is CC(=O)Nc1cccc(C(C)NC(=O)CCCc2nc3ccccc3s2)c1. The summed E-state index contributed by atoms with van der Waals surface area (Å²) in [4.78, 5) is 28.0. The molecule has 5 nitrogen and oxygen atoms in total. The maximum Gasteiger partial charge on any atom is 0.221 e. The van der Waals surface area contributed by atoms with Crippen LogP contribution in [-0.2, 0) is 16.0 Å². The van der Waals surface area contributed by atoms with Crippen molar-refractivity contribution in [2.45, 2.75) is 39.2 Å². The van der Waals surface area contributed by atoms with Gasteiger partial charge in [-0.15, -0.1) is 11.3 Å². The summed E-state index contributed by atoms with van der Waals surface area (Å²) in [6, 6.07) is 15.5. The van der Waals surface area contributed by atoms with Crippen molar-refractivity contribution in [2.75, 3.05) is 5.32 Å². The molecule has 0 saturated heterocycles. The Hall–Kier alpha value is -2.73. The van der Waals surface area contributed by atoms with E-state index in [1.807, 2.05) is 49.4 Å². The summed E-state index contributed by atoms with van der Waals surface area (Å²) in [5.41, 5.74) is 2.72. The lowest BCUT2D eigenvalue weighted by atomic mass is 10.1. The quantitative estimate of drug-likeness (QED) is 0.635. The van der Waals surface area contributed by atoms with E-state index in [9.17, 15) is 9.59 Å². The summed E-state index contributed by atoms with van der Waals surface area (Å²) in [6.45, 7) is 3.42. The van der Waals surface area contributed by atoms with E-state index >= 15 is 0 Å². The fourth-order valence-corrected chi connectivity index (χ4v) is 3.92. The zero-order valence-corrected chi connectivity index (χ0v) is 16.3. The minimum atomic E-state index is -0.117. The van der Waals surface area contributed by atoms with Crippen LogP contribution in [0, 0.1) is 0 Å². The average Bonchev–Trinajstić information content (AvgIpc) is 3.04. The van der Waals surface area contributed by atoms with Gasteiger partial charge in [0.15, 0.2) is 0 Å². The predicted octanol–water partition coefficient (Wildman–Crippen LogP) is 4.45. The molecule has 0 spiro atoms. The Labute approximate surface area is 162 Å². The molecule has 2 amide bonds. The van der Waals surface area contributed by atoms with Crippen LogP contribution < -0.4 is 10.6 Å². The van der Waals surface area contributed by atoms with E-state index in [1.54, 1.807) is 11.3 Å². The Morgan fingerprint density at radius 1 is 1.15 bits per heavy atom. The third-order valence-electron chi connectivity index (χ3n) is 4.22. The van der Waals surface area contributed by atoms with Gasteiger partial charge < -0.3 is 10.6 Å². The molecule has 0 saturated carbocycles. The molecule has 2 aromatic carbocycles. The number of aryl methyl sites for hydroxylation is 1. The molecule has 140 valence electrons. The number of carbonyl (C=O) groups is 2. The number of hydrogen-bond donors (Lipinski definition) is 2. The molecule has 6 heteroatoms. The monoisotopic (exact) mass is 381 g/mol. The van der Waals surface area contributed by atoms with Gasteiger partial charge in [-0.25, -0.2) is 4.98 Å². The van der Waals surface area contributed by atoms with Crippen LogP contribution >= 0.6 is 11.3 Å². The average molecular weight is 382 g/mol. The van der Waals surface area contributed by atoms with Crippen molar-refractivity contribution >= 4 is 39.1 Å². The van der Waals surface area contributed by atoms with Crippen molar-refractivity contribution in [3.05, 3.63) is 59.1 Å². The maximum atomic E-state index is 12.3. The van der Waals surface area contributed by atoms with Crippen LogP contribution in [0.3, 0.4) is 0 Å². The fraction of sp³-hybridized carbons (Fsp3) is 0.286. The number of nitrogens with zero attached hydrogens (tertiary/aromatic N) is 1. The minimum Gasteiger partial charge on any atom is -0.350 e. The molecule has 1 atom stereocenters. The van der Waals surface area contributed by atoms with Crippen LogP contribution in [0.15, 0.2) is 48.5 Å². The first kappa shape index (κ1) is 19.0. The van der Waals surface area contributed by atoms with Gasteiger partial charge in [-0.1, -0.05) is 24.3 Å². The second kappa shape index (κ2) is 8.77. The summed E-state index contributed by atoms with van der Waals surface area (Å²) in [5, 5.41) is 6.85. The lowest BCUT2D eigenvalue weighted by molar-refractivity contribution is -0.121. The zero-order valence-electron chi connectivity index (χ0n) is 15.5. The summed E-state index contributed by atoms with van der Waals surface area (Å²) >= 11 is 1.69. The molecule has 0 fully saturated rings. The Bertz CT molecular complexity index is 918. The number of hydrogen-bond acceptors (Lipinski definition) is 4. The van der Waals surface area contributed by atoms with Gasteiger partial charge in [-0.3, -0.25) is 9.59 Å². The number of thiazole rings is 1. The van der Waals surface area contributed by atoms with Gasteiger partial charge in [0.1, 0.15) is 0 Å². The van der Waals surface area contributed by atoms with Crippen molar-refractivity contribution in [1.29, 1.82) is 0 Å². The summed E-state index contributed by atoms with van der Waals surface area (Å²) in [6.07, 6.45) is 2.04. The number of carbonyl (C=O) groups excluding carboxylic acids is 2. The number of aromatic nitrogens is 1. The Morgan fingerprint density at radius 3 is 2.74 bits per heavy atom. The number of amides is 2. The third-order valence-corrected chi connectivity index (χ3v) is 5.31. The Morgan fingerprint density at radius 2 is 1.96 bits per heavy atom. The topological polar surface area (TPSA) is 71.1 Å². The van der Waals surface area contributed by atoms with Crippen LogP contribution in [0.4, 0.5) is 5.69 Å². The zero-order chi connectivity index (χ0) is 19.2. The van der Waals surface area contributed by atoms with Gasteiger partial charge in [0, 0.05) is 19.0 Å². The van der Waals surface area contributed by atoms with Crippen LogP contribution in [0.5, 0.6) is 0 Å². The molecule has 27 heavy (non-hydrogen) atoms. The van der Waals surface area contributed by atoms with Crippen LogP contribution in [-0.4, -0.2) is 16.8 Å². The van der Waals surface area contributed by atoms with Gasteiger partial charge in [0.25, 0.3) is 0 Å². The second-order valence-electron chi connectivity index (χ2n) is 6.52. The molecule has 3 aromatic rings. The standard InChI is InChI=1S/C21H23N3O2S/c1-14(16-7-5-8-17(13-16)23-15(2)25)22-20(26)11-6-12-21-24-18-9-3-4-10-19(18)27-21/h3-5,7-10,13-14H,6,11-12H2,1-2H3,(H,22,26)(H,23,25). The van der Waals surface area contributed by atoms with E-state index in [4.69, 9.17) is 0 Å². The second-order valence-corrected chi connectivity index (χ2v) is 7.64. The van der Waals surface area contributed by atoms with Gasteiger partial charge in [0.05, 0.1) is 21.3 Å². The molecule has 3 rings (SSSR count). The highest BCUT2D eigenvalue weighted by Crippen LogP contribution is 2.23. The predicted molar refractivity (Wildman–Crippen MR) is 110 cm³/mol. The fourth-order valence-electron chi connectivity index (χ4n) is 2.91. The normalized spacial score (nSPS) is 11.9. The van der Waals surface area contributed by atoms with Crippen LogP contribution in [0.2, 0.25) is 0 Å². The van der Waals surface area contributed by atoms with Gasteiger partial charge in [0.2, 0.25) is 11.8 Å². The van der Waals surface area contributed by atoms with E-state index in [0.717, 1.165) is 34.6 Å². The van der Waals surface area contributed by atoms with Crippen LogP contribution in [0.1, 0.15) is 43.3 Å². The van der Waals surface area contributed by atoms with E-state index < -0.39 is 0 Å². The van der Waals surface area contributed by atoms with Gasteiger partial charge in [-0.05, 0) is 49.6 Å². The molecular weight excluding hydrogens is 358 g/mol. The Balaban J connectivity index is 1.49. The summed E-state index contributed by atoms with van der Waals surface area (Å²) in [7, 11) is 0. The molecule has 0 radical (unpaired) electrons. The third kappa shape index (κ3) is 5.37. The molecule has 0 aliphatic carbocycles. The molecule has 0 aliphatic rings. The lowest BCUT2D eigenvalue weighted by Gasteiger charge is -2.15. The first-order valence-electron chi connectivity index (χ1n) is 9.02. The number of benzene rings is 2. The number of rotatable bonds is 7. The first-order chi connectivity index (χ1) is 13.0. The highest BCUT2D eigenvalue weighted by atomic mass is 32.1. The molecule has 2 N–H and O–H groups in total. The van der Waals surface area contributed by atoms with Crippen molar-refractivity contribution in [3.63, 3.8) is 0 Å². The highest BCUT2D eigenvalue weighted by molar-refractivity contribution is 7.18. The molecule has 1 aromatic heterocycles. The van der Waals surface area contributed by atoms with E-state index in [1.165, 1.54) is 11.6 Å². The molecule has 0 bridgehead atoms. The molecular formula is C21H23N3O2S. The van der Waals surface area contributed by atoms with Crippen molar-refractivity contribution < 1.29 is 9.59 Å². The number of anilines is 1. The van der Waals surface area contributed by atoms with Crippen molar-refractivity contribution in [3.8, 4) is 0 Å². The van der Waals surface area contributed by atoms with Gasteiger partial charge in [-0.2, -0.15) is 0 Å². The van der Waals surface area contributed by atoms with Crippen LogP contribution in [0.25, 0.3) is 10.2 Å². The van der Waals surface area contributed by atoms with E-state index in [0.29, 0.717) is 6.42 Å². The summed E-state index contributed by atoms with van der Waals surface area (Å²) < 4.78 is 1.18. The lowest BCUT2D eigenvalue weighted by Crippen LogP contribution is -2.26. The maximum absolute atomic E-state index is 12.3. The number of para-hydroxylation sites is 1. The van der Waals surface area contributed by atoms with Gasteiger partial charge >= 0.3 is 0 Å². The molecule has 1 unspecified atom stereocenters. The number of fused-ring (bicyclic) bond motifs is 1. The first-order valence-corrected chi connectivity index (χ1v) is 9.84. The Kier molecular flexibility index (Phi) is 6.19. The summed E-state index contributed by atoms with van der Waals surface area (Å²) in [5.74, 6) is -0.0905. The number of nitrogens with one attached hydrogen (secondary N) is 2. The van der Waals surface area contributed by atoms with Crippen molar-refractivity contribution in [1.82, 2.24) is 10.3 Å². The smallest absolute Gasteiger partial charge is 0.221 e. The minimum absolute atomic E-state index is 0.0218. The van der Waals surface area contributed by atoms with E-state index in [2.05, 4.69) is 21.7 Å². The van der Waals surface area contributed by atoms with Crippen molar-refractivity contribution in [2.24, 2.45) is 0 Å². The molecule has 1 heterocycles. The van der Waals surface area contributed by atoms with E-state index in [-0.39, 0.29) is 17.9 Å². The highest BCUT2D eigenvalue weighted by Gasteiger charge is 2.11. The molecule has 0 aliphatic heterocycles.